The van der Waals surface area contributed by atoms with Gasteiger partial charge >= 0.3 is 0 Å². The molecule has 7 nitrogen and oxygen atoms in total. The Bertz CT molecular complexity index is 670. The number of aryl methyl sites for hydroxylation is 2. The lowest BCUT2D eigenvalue weighted by Gasteiger charge is -2.32. The molecule has 1 aliphatic heterocycles. The highest BCUT2D eigenvalue weighted by atomic mass is 16.5. The van der Waals surface area contributed by atoms with Crippen molar-refractivity contribution in [3.8, 4) is 0 Å². The van der Waals surface area contributed by atoms with Gasteiger partial charge in [0.25, 0.3) is 0 Å². The van der Waals surface area contributed by atoms with Crippen LogP contribution in [0.3, 0.4) is 0 Å². The van der Waals surface area contributed by atoms with Gasteiger partial charge in [0.2, 0.25) is 5.91 Å². The molecule has 0 radical (unpaired) electrons. The molecule has 0 N–H and O–H groups in total. The van der Waals surface area contributed by atoms with E-state index in [2.05, 4.69) is 15.1 Å². The van der Waals surface area contributed by atoms with E-state index in [0.717, 1.165) is 17.0 Å². The first-order chi connectivity index (χ1) is 11.1. The minimum Gasteiger partial charge on any atom is -0.368 e. The van der Waals surface area contributed by atoms with Crippen molar-refractivity contribution in [2.45, 2.75) is 25.9 Å². The van der Waals surface area contributed by atoms with E-state index in [0.29, 0.717) is 32.5 Å². The van der Waals surface area contributed by atoms with Gasteiger partial charge in [-0.1, -0.05) is 0 Å². The zero-order chi connectivity index (χ0) is 16.2. The number of aromatic nitrogens is 4. The first-order valence-corrected chi connectivity index (χ1v) is 7.78. The molecule has 7 heteroatoms. The number of carbonyl (C=O) groups is 1. The molecule has 0 saturated carbocycles. The van der Waals surface area contributed by atoms with Crippen molar-refractivity contribution in [1.82, 2.24) is 24.6 Å². The summed E-state index contributed by atoms with van der Waals surface area (Å²) in [6.07, 6.45) is 7.81. The number of rotatable bonds is 4. The van der Waals surface area contributed by atoms with Crippen LogP contribution in [0.4, 0.5) is 0 Å². The summed E-state index contributed by atoms with van der Waals surface area (Å²) in [6, 6.07) is 0. The molecule has 3 heterocycles. The SMILES string of the molecule is Cc1c(CCC(=O)N2CCOC(c3cnccn3)C2)cnn1C. The van der Waals surface area contributed by atoms with E-state index in [1.165, 1.54) is 0 Å². The molecule has 1 unspecified atom stereocenters. The summed E-state index contributed by atoms with van der Waals surface area (Å²) in [4.78, 5) is 22.7. The van der Waals surface area contributed by atoms with Gasteiger partial charge in [-0.05, 0) is 18.9 Å². The maximum Gasteiger partial charge on any atom is 0.223 e. The van der Waals surface area contributed by atoms with Gasteiger partial charge in [0.05, 0.1) is 31.2 Å². The highest BCUT2D eigenvalue weighted by Gasteiger charge is 2.26. The molecule has 0 spiro atoms. The third-order valence-corrected chi connectivity index (χ3v) is 4.28. The van der Waals surface area contributed by atoms with Crippen LogP contribution in [-0.2, 0) is 23.0 Å². The first-order valence-electron chi connectivity index (χ1n) is 7.78. The summed E-state index contributed by atoms with van der Waals surface area (Å²) in [7, 11) is 1.91. The largest absolute Gasteiger partial charge is 0.368 e. The second-order valence-electron chi connectivity index (χ2n) is 5.71. The Hall–Kier alpha value is -2.28. The molecule has 1 amide bonds. The molecule has 3 rings (SSSR count). The second kappa shape index (κ2) is 6.87. The summed E-state index contributed by atoms with van der Waals surface area (Å²) in [5, 5.41) is 4.21. The van der Waals surface area contributed by atoms with Crippen molar-refractivity contribution < 1.29 is 9.53 Å². The highest BCUT2D eigenvalue weighted by Crippen LogP contribution is 2.20. The van der Waals surface area contributed by atoms with E-state index in [-0.39, 0.29) is 12.0 Å². The Balaban J connectivity index is 1.58. The third-order valence-electron chi connectivity index (χ3n) is 4.28. The van der Waals surface area contributed by atoms with Crippen LogP contribution in [0.2, 0.25) is 0 Å². The molecule has 122 valence electrons. The first kappa shape index (κ1) is 15.6. The van der Waals surface area contributed by atoms with E-state index >= 15 is 0 Å². The van der Waals surface area contributed by atoms with Gasteiger partial charge in [-0.2, -0.15) is 5.10 Å². The predicted octanol–water partition coefficient (Wildman–Crippen LogP) is 1.05. The minimum atomic E-state index is -0.193. The van der Waals surface area contributed by atoms with Gasteiger partial charge in [-0.25, -0.2) is 0 Å². The Kier molecular flexibility index (Phi) is 4.66. The van der Waals surface area contributed by atoms with Crippen LogP contribution in [-0.4, -0.2) is 50.3 Å². The van der Waals surface area contributed by atoms with Crippen molar-refractivity contribution in [3.05, 3.63) is 41.7 Å². The monoisotopic (exact) mass is 315 g/mol. The molecule has 2 aromatic rings. The van der Waals surface area contributed by atoms with Gasteiger partial charge in [0.1, 0.15) is 6.10 Å². The molecule has 0 aromatic carbocycles. The fourth-order valence-corrected chi connectivity index (χ4v) is 2.72. The van der Waals surface area contributed by atoms with Crippen molar-refractivity contribution in [2.24, 2.45) is 7.05 Å². The zero-order valence-corrected chi connectivity index (χ0v) is 13.5. The fraction of sp³-hybridized carbons (Fsp3) is 0.500. The van der Waals surface area contributed by atoms with E-state index < -0.39 is 0 Å². The van der Waals surface area contributed by atoms with Gasteiger partial charge in [0, 0.05) is 38.1 Å². The Morgan fingerprint density at radius 3 is 2.96 bits per heavy atom. The molecular formula is C16H21N5O2. The lowest BCUT2D eigenvalue weighted by atomic mass is 10.1. The van der Waals surface area contributed by atoms with Gasteiger partial charge in [-0.3, -0.25) is 19.4 Å². The summed E-state index contributed by atoms with van der Waals surface area (Å²) < 4.78 is 7.55. The van der Waals surface area contributed by atoms with Crippen LogP contribution in [0.1, 0.15) is 29.5 Å². The van der Waals surface area contributed by atoms with Crippen molar-refractivity contribution in [3.63, 3.8) is 0 Å². The molecular weight excluding hydrogens is 294 g/mol. The van der Waals surface area contributed by atoms with E-state index in [4.69, 9.17) is 4.74 Å². The molecule has 2 aromatic heterocycles. The molecule has 1 atom stereocenters. The van der Waals surface area contributed by atoms with Crippen molar-refractivity contribution in [2.75, 3.05) is 19.7 Å². The maximum absolute atomic E-state index is 12.5. The van der Waals surface area contributed by atoms with Crippen LogP contribution >= 0.6 is 0 Å². The summed E-state index contributed by atoms with van der Waals surface area (Å²) in [5.74, 6) is 0.144. The normalized spacial score (nSPS) is 18.2. The molecule has 1 aliphatic rings. The van der Waals surface area contributed by atoms with Crippen LogP contribution in [0.5, 0.6) is 0 Å². The number of nitrogens with zero attached hydrogens (tertiary/aromatic N) is 5. The van der Waals surface area contributed by atoms with Crippen molar-refractivity contribution in [1.29, 1.82) is 0 Å². The quantitative estimate of drug-likeness (QED) is 0.843. The van der Waals surface area contributed by atoms with Gasteiger partial charge in [0.15, 0.2) is 0 Å². The summed E-state index contributed by atoms with van der Waals surface area (Å²) in [5.41, 5.74) is 3.00. The lowest BCUT2D eigenvalue weighted by Crippen LogP contribution is -2.42. The van der Waals surface area contributed by atoms with Crippen LogP contribution in [0, 0.1) is 6.92 Å². The standard InChI is InChI=1S/C16H21N5O2/c1-12-13(9-19-20(12)2)3-4-16(22)21-7-8-23-15(11-21)14-10-17-5-6-18-14/h5-6,9-10,15H,3-4,7-8,11H2,1-2H3. The zero-order valence-electron chi connectivity index (χ0n) is 13.5. The number of ether oxygens (including phenoxy) is 1. The average molecular weight is 315 g/mol. The minimum absolute atomic E-state index is 0.144. The highest BCUT2D eigenvalue weighted by molar-refractivity contribution is 5.76. The molecule has 23 heavy (non-hydrogen) atoms. The van der Waals surface area contributed by atoms with Crippen molar-refractivity contribution >= 4 is 5.91 Å². The maximum atomic E-state index is 12.5. The van der Waals surface area contributed by atoms with Crippen LogP contribution in [0.25, 0.3) is 0 Å². The predicted molar refractivity (Wildman–Crippen MR) is 83.6 cm³/mol. The van der Waals surface area contributed by atoms with E-state index in [1.807, 2.05) is 29.7 Å². The summed E-state index contributed by atoms with van der Waals surface area (Å²) >= 11 is 0. The topological polar surface area (TPSA) is 73.1 Å². The number of carbonyl (C=O) groups excluding carboxylic acids is 1. The smallest absolute Gasteiger partial charge is 0.223 e. The van der Waals surface area contributed by atoms with Crippen LogP contribution in [0.15, 0.2) is 24.8 Å². The third kappa shape index (κ3) is 3.56. The lowest BCUT2D eigenvalue weighted by molar-refractivity contribution is -0.139. The van der Waals surface area contributed by atoms with E-state index in [1.54, 1.807) is 18.6 Å². The number of hydrogen-bond acceptors (Lipinski definition) is 5. The van der Waals surface area contributed by atoms with E-state index in [9.17, 15) is 4.79 Å². The Labute approximate surface area is 135 Å². The number of hydrogen-bond donors (Lipinski definition) is 0. The van der Waals surface area contributed by atoms with Gasteiger partial charge < -0.3 is 9.64 Å². The second-order valence-corrected chi connectivity index (χ2v) is 5.71. The van der Waals surface area contributed by atoms with Gasteiger partial charge in [-0.15, -0.1) is 0 Å². The fourth-order valence-electron chi connectivity index (χ4n) is 2.72. The number of amides is 1. The Morgan fingerprint density at radius 1 is 1.39 bits per heavy atom. The molecule has 0 aliphatic carbocycles. The molecule has 1 saturated heterocycles. The average Bonchev–Trinajstić information content (AvgIpc) is 2.92. The molecule has 0 bridgehead atoms. The summed E-state index contributed by atoms with van der Waals surface area (Å²) in [6.45, 7) is 3.70. The Morgan fingerprint density at radius 2 is 2.26 bits per heavy atom. The van der Waals surface area contributed by atoms with Crippen LogP contribution < -0.4 is 0 Å². The number of morpholine rings is 1. The molecule has 1 fully saturated rings.